The summed E-state index contributed by atoms with van der Waals surface area (Å²) in [5.41, 5.74) is 1.60. The first-order valence-corrected chi connectivity index (χ1v) is 8.28. The fourth-order valence-electron chi connectivity index (χ4n) is 2.25. The predicted octanol–water partition coefficient (Wildman–Crippen LogP) is 4.98. The van der Waals surface area contributed by atoms with Crippen LogP contribution in [0, 0.1) is 5.82 Å². The third-order valence-electron chi connectivity index (χ3n) is 3.50. The molecule has 1 aromatic heterocycles. The van der Waals surface area contributed by atoms with Crippen LogP contribution in [-0.2, 0) is 4.79 Å². The SMILES string of the molecule is O=C(/C=C/c1ccc(F)c(Cl)c1)Nc1cccc(NC(=O)c2ccco2)c1. The molecule has 0 saturated carbocycles. The number of carbonyl (C=O) groups is 2. The van der Waals surface area contributed by atoms with Gasteiger partial charge < -0.3 is 15.1 Å². The van der Waals surface area contributed by atoms with Gasteiger partial charge in [-0.15, -0.1) is 0 Å². The Labute approximate surface area is 159 Å². The Balaban J connectivity index is 1.63. The maximum absolute atomic E-state index is 13.1. The highest BCUT2D eigenvalue weighted by atomic mass is 35.5. The predicted molar refractivity (Wildman–Crippen MR) is 102 cm³/mol. The molecule has 0 bridgehead atoms. The van der Waals surface area contributed by atoms with Crippen molar-refractivity contribution in [3.63, 3.8) is 0 Å². The van der Waals surface area contributed by atoms with Crippen molar-refractivity contribution >= 4 is 40.9 Å². The molecule has 0 aliphatic carbocycles. The molecule has 5 nitrogen and oxygen atoms in total. The average Bonchev–Trinajstić information content (AvgIpc) is 3.18. The van der Waals surface area contributed by atoms with Crippen molar-refractivity contribution < 1.29 is 18.4 Å². The van der Waals surface area contributed by atoms with Gasteiger partial charge in [-0.25, -0.2) is 4.39 Å². The Hall–Kier alpha value is -3.38. The Morgan fingerprint density at radius 3 is 2.48 bits per heavy atom. The number of rotatable bonds is 5. The van der Waals surface area contributed by atoms with E-state index in [1.807, 2.05) is 0 Å². The van der Waals surface area contributed by atoms with Crippen LogP contribution in [0.15, 0.2) is 71.4 Å². The maximum atomic E-state index is 13.1. The summed E-state index contributed by atoms with van der Waals surface area (Å²) in [6.07, 6.45) is 4.23. The van der Waals surface area contributed by atoms with E-state index in [9.17, 15) is 14.0 Å². The van der Waals surface area contributed by atoms with E-state index in [1.54, 1.807) is 36.4 Å². The molecule has 27 heavy (non-hydrogen) atoms. The summed E-state index contributed by atoms with van der Waals surface area (Å²) in [6.45, 7) is 0. The number of carbonyl (C=O) groups excluding carboxylic acids is 2. The molecule has 0 atom stereocenters. The average molecular weight is 385 g/mol. The van der Waals surface area contributed by atoms with Gasteiger partial charge in [0.1, 0.15) is 5.82 Å². The molecule has 2 amide bonds. The van der Waals surface area contributed by atoms with E-state index in [2.05, 4.69) is 10.6 Å². The molecule has 3 aromatic rings. The molecule has 1 heterocycles. The molecular formula is C20H14ClFN2O3. The summed E-state index contributed by atoms with van der Waals surface area (Å²) in [4.78, 5) is 24.0. The van der Waals surface area contributed by atoms with Gasteiger partial charge in [0.15, 0.2) is 5.76 Å². The highest BCUT2D eigenvalue weighted by Crippen LogP contribution is 2.18. The minimum absolute atomic E-state index is 0.0162. The van der Waals surface area contributed by atoms with Crippen molar-refractivity contribution in [3.8, 4) is 0 Å². The van der Waals surface area contributed by atoms with Crippen molar-refractivity contribution in [2.24, 2.45) is 0 Å². The quantitative estimate of drug-likeness (QED) is 0.609. The van der Waals surface area contributed by atoms with Crippen LogP contribution >= 0.6 is 11.6 Å². The van der Waals surface area contributed by atoms with E-state index in [1.165, 1.54) is 36.6 Å². The van der Waals surface area contributed by atoms with Gasteiger partial charge in [0.25, 0.3) is 5.91 Å². The van der Waals surface area contributed by atoms with Gasteiger partial charge in [-0.05, 0) is 54.1 Å². The van der Waals surface area contributed by atoms with Gasteiger partial charge in [-0.1, -0.05) is 23.7 Å². The lowest BCUT2D eigenvalue weighted by atomic mass is 10.2. The molecule has 2 N–H and O–H groups in total. The zero-order valence-electron chi connectivity index (χ0n) is 13.9. The number of halogens is 2. The highest BCUT2D eigenvalue weighted by Gasteiger charge is 2.09. The van der Waals surface area contributed by atoms with E-state index < -0.39 is 11.7 Å². The van der Waals surface area contributed by atoms with E-state index >= 15 is 0 Å². The van der Waals surface area contributed by atoms with Crippen molar-refractivity contribution in [1.29, 1.82) is 0 Å². The minimum atomic E-state index is -0.522. The number of furan rings is 1. The van der Waals surface area contributed by atoms with Crippen LogP contribution in [0.3, 0.4) is 0 Å². The first-order chi connectivity index (χ1) is 13.0. The summed E-state index contributed by atoms with van der Waals surface area (Å²) in [5.74, 6) is -1.11. The number of hydrogen-bond acceptors (Lipinski definition) is 3. The maximum Gasteiger partial charge on any atom is 0.291 e. The summed E-state index contributed by atoms with van der Waals surface area (Å²) in [7, 11) is 0. The number of benzene rings is 2. The van der Waals surface area contributed by atoms with Crippen molar-refractivity contribution in [3.05, 3.63) is 89.1 Å². The Morgan fingerprint density at radius 2 is 1.78 bits per heavy atom. The van der Waals surface area contributed by atoms with Crippen molar-refractivity contribution in [2.75, 3.05) is 10.6 Å². The standard InChI is InChI=1S/C20H14ClFN2O3/c21-16-11-13(6-8-17(16)22)7-9-19(25)23-14-3-1-4-15(12-14)24-20(26)18-5-2-10-27-18/h1-12H,(H,23,25)(H,24,26)/b9-7+. The lowest BCUT2D eigenvalue weighted by molar-refractivity contribution is -0.111. The molecule has 0 spiro atoms. The van der Waals surface area contributed by atoms with Crippen LogP contribution in [0.5, 0.6) is 0 Å². The zero-order valence-corrected chi connectivity index (χ0v) is 14.7. The normalized spacial score (nSPS) is 10.7. The molecule has 0 aliphatic rings. The first kappa shape index (κ1) is 18.4. The van der Waals surface area contributed by atoms with E-state index in [0.29, 0.717) is 16.9 Å². The number of hydrogen-bond donors (Lipinski definition) is 2. The summed E-state index contributed by atoms with van der Waals surface area (Å²) in [5, 5.41) is 5.34. The second-order valence-electron chi connectivity index (χ2n) is 5.51. The fourth-order valence-corrected chi connectivity index (χ4v) is 2.44. The second kappa shape index (κ2) is 8.33. The third-order valence-corrected chi connectivity index (χ3v) is 3.79. The summed E-state index contributed by atoms with van der Waals surface area (Å²) >= 11 is 5.70. The molecule has 7 heteroatoms. The monoisotopic (exact) mass is 384 g/mol. The fraction of sp³-hybridized carbons (Fsp3) is 0. The number of amides is 2. The van der Waals surface area contributed by atoms with Crippen LogP contribution in [-0.4, -0.2) is 11.8 Å². The zero-order chi connectivity index (χ0) is 19.2. The van der Waals surface area contributed by atoms with Crippen LogP contribution < -0.4 is 10.6 Å². The molecule has 0 saturated heterocycles. The molecule has 136 valence electrons. The van der Waals surface area contributed by atoms with Crippen LogP contribution in [0.1, 0.15) is 16.1 Å². The Bertz CT molecular complexity index is 1000. The summed E-state index contributed by atoms with van der Waals surface area (Å²) in [6, 6.07) is 14.0. The topological polar surface area (TPSA) is 71.3 Å². The van der Waals surface area contributed by atoms with Crippen LogP contribution in [0.4, 0.5) is 15.8 Å². The first-order valence-electron chi connectivity index (χ1n) is 7.90. The highest BCUT2D eigenvalue weighted by molar-refractivity contribution is 6.30. The van der Waals surface area contributed by atoms with Gasteiger partial charge >= 0.3 is 0 Å². The smallest absolute Gasteiger partial charge is 0.291 e. The van der Waals surface area contributed by atoms with E-state index in [4.69, 9.17) is 16.0 Å². The second-order valence-corrected chi connectivity index (χ2v) is 5.92. The minimum Gasteiger partial charge on any atom is -0.459 e. The molecular weight excluding hydrogens is 371 g/mol. The van der Waals surface area contributed by atoms with E-state index in [0.717, 1.165) is 0 Å². The van der Waals surface area contributed by atoms with E-state index in [-0.39, 0.29) is 16.7 Å². The van der Waals surface area contributed by atoms with Gasteiger partial charge in [-0.3, -0.25) is 9.59 Å². The molecule has 0 aliphatic heterocycles. The Morgan fingerprint density at radius 1 is 1.00 bits per heavy atom. The van der Waals surface area contributed by atoms with Crippen LogP contribution in [0.25, 0.3) is 6.08 Å². The Kier molecular flexibility index (Phi) is 5.68. The molecule has 0 unspecified atom stereocenters. The van der Waals surface area contributed by atoms with Crippen molar-refractivity contribution in [2.45, 2.75) is 0 Å². The van der Waals surface area contributed by atoms with Gasteiger partial charge in [0.05, 0.1) is 11.3 Å². The van der Waals surface area contributed by atoms with Gasteiger partial charge in [0.2, 0.25) is 5.91 Å². The lowest BCUT2D eigenvalue weighted by Crippen LogP contribution is -2.12. The lowest BCUT2D eigenvalue weighted by Gasteiger charge is -2.07. The molecule has 2 aromatic carbocycles. The summed E-state index contributed by atoms with van der Waals surface area (Å²) < 4.78 is 18.2. The van der Waals surface area contributed by atoms with Crippen LogP contribution in [0.2, 0.25) is 5.02 Å². The molecule has 0 radical (unpaired) electrons. The number of nitrogens with one attached hydrogen (secondary N) is 2. The molecule has 3 rings (SSSR count). The van der Waals surface area contributed by atoms with Crippen molar-refractivity contribution in [1.82, 2.24) is 0 Å². The molecule has 0 fully saturated rings. The number of anilines is 2. The van der Waals surface area contributed by atoms with Gasteiger partial charge in [0, 0.05) is 17.5 Å². The van der Waals surface area contributed by atoms with Gasteiger partial charge in [-0.2, -0.15) is 0 Å². The third kappa shape index (κ3) is 5.05. The largest absolute Gasteiger partial charge is 0.459 e.